The molecule has 1 saturated heterocycles. The highest BCUT2D eigenvalue weighted by atomic mass is 32.1. The number of benzene rings is 2. The Hall–Kier alpha value is -3.47. The number of Topliss-reactive ketones (excluding diaryl/α,β-unsaturated/α-hetero) is 1. The zero-order valence-corrected chi connectivity index (χ0v) is 23.1. The van der Waals surface area contributed by atoms with Crippen LogP contribution in [0.5, 0.6) is 0 Å². The van der Waals surface area contributed by atoms with Crippen molar-refractivity contribution in [1.29, 1.82) is 0 Å². The molecule has 0 saturated carbocycles. The lowest BCUT2D eigenvalue weighted by Crippen LogP contribution is -2.97. The summed E-state index contributed by atoms with van der Waals surface area (Å²) in [6.45, 7) is 2.67. The zero-order chi connectivity index (χ0) is 27.8. The van der Waals surface area contributed by atoms with E-state index in [1.54, 1.807) is 11.8 Å². The van der Waals surface area contributed by atoms with Gasteiger partial charge < -0.3 is 16.4 Å². The smallest absolute Gasteiger partial charge is 0.333 e. The highest BCUT2D eigenvalue weighted by Gasteiger charge is 2.39. The van der Waals surface area contributed by atoms with Gasteiger partial charge in [0, 0.05) is 19.5 Å². The van der Waals surface area contributed by atoms with Gasteiger partial charge >= 0.3 is 5.91 Å². The number of para-hydroxylation sites is 1. The van der Waals surface area contributed by atoms with Crippen molar-refractivity contribution < 1.29 is 19.7 Å². The van der Waals surface area contributed by atoms with Crippen molar-refractivity contribution >= 4 is 45.0 Å². The number of fused-ring (bicyclic) bond motifs is 1. The van der Waals surface area contributed by atoms with Gasteiger partial charge in [0.2, 0.25) is 11.7 Å². The number of hydrogen-bond acceptors (Lipinski definition) is 7. The molecule has 2 aromatic carbocycles. The van der Waals surface area contributed by atoms with Crippen LogP contribution in [0.2, 0.25) is 0 Å². The Morgan fingerprint density at radius 3 is 2.62 bits per heavy atom. The minimum Gasteiger partial charge on any atom is -0.388 e. The number of nitrogens with zero attached hydrogens (tertiary/aromatic N) is 3. The maximum Gasteiger partial charge on any atom is 0.333 e. The van der Waals surface area contributed by atoms with Crippen LogP contribution in [0.3, 0.4) is 0 Å². The topological polar surface area (TPSA) is 148 Å². The van der Waals surface area contributed by atoms with Crippen LogP contribution in [-0.2, 0) is 16.0 Å². The van der Waals surface area contributed by atoms with E-state index in [1.807, 2.05) is 54.6 Å². The maximum absolute atomic E-state index is 13.6. The first-order valence-corrected chi connectivity index (χ1v) is 14.3. The lowest BCUT2D eigenvalue weighted by molar-refractivity contribution is -0.593. The fraction of sp³-hybridized carbons (Fsp3) is 0.414. The average molecular weight is 550 g/mol. The lowest BCUT2D eigenvalue weighted by atomic mass is 9.97. The summed E-state index contributed by atoms with van der Waals surface area (Å²) in [5.74, 6) is -0.153. The number of carbonyl (C=O) groups is 3. The first kappa shape index (κ1) is 28.5. The molecule has 1 aliphatic heterocycles. The normalized spacial score (nSPS) is 17.6. The monoisotopic (exact) mass is 549 g/mol. The second-order valence-electron chi connectivity index (χ2n) is 10.0. The van der Waals surface area contributed by atoms with Crippen LogP contribution in [0.4, 0.5) is 0 Å². The molecular weight excluding hydrogens is 512 g/mol. The van der Waals surface area contributed by atoms with Gasteiger partial charge in [0.25, 0.3) is 0 Å². The Labute approximate surface area is 232 Å². The minimum absolute atomic E-state index is 0.188. The standard InChI is InChI=1S/C29H36N6O3S/c1-19(30)32-16-9-13-23(26(36)28-34-22-12-5-6-15-25(22)39-28)33-27(37)24-14-7-8-17-35(24)29(38)21(31)18-20-10-3-2-4-11-20/h2-6,10-12,15,21,23-24H,7-9,13-14,16-18,31H2,1H3,(H2,30,32)(H,33,37)/p+1/t21-,23+,24+/m1/s1. The number of carbonyl (C=O) groups excluding carboxylic acids is 3. The molecule has 9 nitrogen and oxygen atoms in total. The number of likely N-dealkylation sites (tertiary alicyclic amines) is 1. The Balaban J connectivity index is 1.49. The van der Waals surface area contributed by atoms with E-state index in [4.69, 9.17) is 11.5 Å². The molecule has 10 heteroatoms. The van der Waals surface area contributed by atoms with Crippen molar-refractivity contribution in [2.45, 2.75) is 63.6 Å². The molecule has 1 aliphatic rings. The van der Waals surface area contributed by atoms with Crippen molar-refractivity contribution in [1.82, 2.24) is 9.88 Å². The molecule has 3 atom stereocenters. The van der Waals surface area contributed by atoms with E-state index < -0.39 is 18.1 Å². The van der Waals surface area contributed by atoms with Gasteiger partial charge in [0.15, 0.2) is 11.0 Å². The number of quaternary nitrogens is 1. The van der Waals surface area contributed by atoms with Gasteiger partial charge in [-0.2, -0.15) is 0 Å². The number of nitrogens with two attached hydrogens (primary N) is 3. The van der Waals surface area contributed by atoms with Gasteiger partial charge in [-0.1, -0.05) is 42.5 Å². The van der Waals surface area contributed by atoms with Crippen LogP contribution in [-0.4, -0.2) is 64.5 Å². The molecule has 2 amide bonds. The van der Waals surface area contributed by atoms with E-state index in [0.29, 0.717) is 49.6 Å². The number of hydrogen-bond donors (Lipinski definition) is 3. The molecule has 2 heterocycles. The molecule has 206 valence electrons. The maximum atomic E-state index is 13.6. The highest BCUT2D eigenvalue weighted by Crippen LogP contribution is 2.23. The molecule has 4 rings (SSSR count). The Morgan fingerprint density at radius 2 is 1.87 bits per heavy atom. The van der Waals surface area contributed by atoms with E-state index in [1.165, 1.54) is 16.7 Å². The summed E-state index contributed by atoms with van der Waals surface area (Å²) < 4.78 is 0.922. The van der Waals surface area contributed by atoms with Crippen molar-refractivity contribution in [2.24, 2.45) is 16.5 Å². The van der Waals surface area contributed by atoms with E-state index in [2.05, 4.69) is 9.98 Å². The fourth-order valence-corrected chi connectivity index (χ4v) is 5.93. The molecule has 1 aromatic heterocycles. The molecule has 3 aromatic rings. The number of piperidine rings is 1. The van der Waals surface area contributed by atoms with Crippen LogP contribution in [0.15, 0.2) is 59.6 Å². The van der Waals surface area contributed by atoms with Crippen molar-refractivity contribution in [3.63, 3.8) is 0 Å². The summed E-state index contributed by atoms with van der Waals surface area (Å²) in [6, 6.07) is 15.2. The lowest BCUT2D eigenvalue weighted by Gasteiger charge is -2.35. The summed E-state index contributed by atoms with van der Waals surface area (Å²) in [5, 5.41) is 1.89. The summed E-state index contributed by atoms with van der Waals surface area (Å²) in [6.07, 6.45) is 3.64. The fourth-order valence-electron chi connectivity index (χ4n) is 4.96. The van der Waals surface area contributed by atoms with Gasteiger partial charge in [0.1, 0.15) is 6.04 Å². The van der Waals surface area contributed by atoms with Crippen molar-refractivity contribution in [3.05, 3.63) is 65.2 Å². The van der Waals surface area contributed by atoms with Crippen molar-refractivity contribution in [2.75, 3.05) is 13.1 Å². The third kappa shape index (κ3) is 7.56. The first-order valence-electron chi connectivity index (χ1n) is 13.5. The van der Waals surface area contributed by atoms with Gasteiger partial charge in [-0.05, 0) is 56.7 Å². The van der Waals surface area contributed by atoms with Crippen LogP contribution in [0.25, 0.3) is 10.2 Å². The SMILES string of the molecule is CC(N)=NCCC[C@H]([NH2+]C(=O)[C@@H]1CCCCN1C(=O)[C@H](N)Cc1ccccc1)C(=O)c1nc2ccccc2s1. The summed E-state index contributed by atoms with van der Waals surface area (Å²) in [5.41, 5.74) is 13.7. The second-order valence-corrected chi connectivity index (χ2v) is 11.1. The molecule has 0 radical (unpaired) electrons. The van der Waals surface area contributed by atoms with E-state index in [9.17, 15) is 14.4 Å². The average Bonchev–Trinajstić information content (AvgIpc) is 3.38. The number of rotatable bonds is 11. The van der Waals surface area contributed by atoms with E-state index >= 15 is 0 Å². The Morgan fingerprint density at radius 1 is 1.13 bits per heavy atom. The zero-order valence-electron chi connectivity index (χ0n) is 22.3. The molecule has 1 fully saturated rings. The number of aromatic nitrogens is 1. The molecule has 0 bridgehead atoms. The van der Waals surface area contributed by atoms with Crippen molar-refractivity contribution in [3.8, 4) is 0 Å². The number of amidine groups is 1. The van der Waals surface area contributed by atoms with Gasteiger partial charge in [-0.25, -0.2) is 9.78 Å². The first-order chi connectivity index (χ1) is 18.8. The molecule has 6 N–H and O–H groups in total. The minimum atomic E-state index is -0.738. The number of ketones is 1. The molecule has 39 heavy (non-hydrogen) atoms. The van der Waals surface area contributed by atoms with Gasteiger partial charge in [-0.15, -0.1) is 11.3 Å². The summed E-state index contributed by atoms with van der Waals surface area (Å²) >= 11 is 1.33. The molecular formula is C29H37N6O3S+. The molecule has 0 aliphatic carbocycles. The second kappa shape index (κ2) is 13.5. The predicted octanol–water partition coefficient (Wildman–Crippen LogP) is 2.05. The summed E-state index contributed by atoms with van der Waals surface area (Å²) in [7, 11) is 0. The largest absolute Gasteiger partial charge is 0.388 e. The Kier molecular flexibility index (Phi) is 9.91. The van der Waals surface area contributed by atoms with E-state index in [-0.39, 0.29) is 17.6 Å². The third-order valence-corrected chi connectivity index (χ3v) is 8.02. The quantitative estimate of drug-likeness (QED) is 0.144. The van der Waals surface area contributed by atoms with Gasteiger partial charge in [-0.3, -0.25) is 19.9 Å². The van der Waals surface area contributed by atoms with E-state index in [0.717, 1.165) is 28.6 Å². The number of primary amides is 1. The van der Waals surface area contributed by atoms with Crippen LogP contribution in [0, 0.1) is 0 Å². The molecule has 0 spiro atoms. The van der Waals surface area contributed by atoms with Gasteiger partial charge in [0.05, 0.1) is 22.1 Å². The number of aliphatic imine (C=N–C) groups is 1. The number of amides is 2. The summed E-state index contributed by atoms with van der Waals surface area (Å²) in [4.78, 5) is 51.0. The highest BCUT2D eigenvalue weighted by molar-refractivity contribution is 7.20. The van der Waals surface area contributed by atoms with Crippen LogP contribution >= 0.6 is 11.3 Å². The Bertz CT molecular complexity index is 1290. The molecule has 0 unspecified atom stereocenters. The third-order valence-electron chi connectivity index (χ3n) is 6.97. The predicted molar refractivity (Wildman–Crippen MR) is 154 cm³/mol. The number of thiazole rings is 1. The van der Waals surface area contributed by atoms with Crippen LogP contribution in [0.1, 0.15) is 54.4 Å². The van der Waals surface area contributed by atoms with Crippen LogP contribution < -0.4 is 16.8 Å².